The van der Waals surface area contributed by atoms with E-state index in [-0.39, 0.29) is 0 Å². The first kappa shape index (κ1) is 14.0. The molecule has 0 aliphatic rings. The Balaban J connectivity index is 2.14. The number of benzene rings is 1. The van der Waals surface area contributed by atoms with Gasteiger partial charge in [-0.3, -0.25) is 4.79 Å². The molecular weight excluding hydrogens is 232 g/mol. The van der Waals surface area contributed by atoms with Crippen LogP contribution in [0.4, 0.5) is 4.79 Å². The van der Waals surface area contributed by atoms with Gasteiger partial charge >= 0.3 is 12.0 Å². The van der Waals surface area contributed by atoms with E-state index in [1.54, 1.807) is 0 Å². The minimum atomic E-state index is -1.05. The van der Waals surface area contributed by atoms with E-state index in [1.165, 1.54) is 12.5 Å². The summed E-state index contributed by atoms with van der Waals surface area (Å²) in [5.74, 6) is -1.05. The van der Waals surface area contributed by atoms with Gasteiger partial charge in [-0.1, -0.05) is 30.3 Å². The molecule has 5 nitrogen and oxygen atoms in total. The number of carbonyl (C=O) groups excluding carboxylic acids is 1. The molecule has 1 aromatic carbocycles. The van der Waals surface area contributed by atoms with Crippen molar-refractivity contribution in [1.82, 2.24) is 10.6 Å². The van der Waals surface area contributed by atoms with Gasteiger partial charge in [-0.15, -0.1) is 0 Å². The third kappa shape index (κ3) is 5.34. The van der Waals surface area contributed by atoms with Crippen LogP contribution in [0.5, 0.6) is 0 Å². The number of aliphatic carboxylic acids is 1. The Kier molecular flexibility index (Phi) is 5.70. The minimum absolute atomic E-state index is 0.446. The molecule has 1 rings (SSSR count). The third-order valence-corrected chi connectivity index (χ3v) is 2.49. The highest BCUT2D eigenvalue weighted by Crippen LogP contribution is 2.01. The predicted octanol–water partition coefficient (Wildman–Crippen LogP) is 1.39. The van der Waals surface area contributed by atoms with Crippen LogP contribution in [0.15, 0.2) is 30.3 Å². The molecule has 0 heterocycles. The molecule has 1 aromatic rings. The molecule has 0 saturated heterocycles. The lowest BCUT2D eigenvalue weighted by Crippen LogP contribution is -2.44. The standard InChI is InChI=1S/C13H18N2O3/c1-10(12(16)17)15-13(18)14-9-5-8-11-6-3-2-4-7-11/h2-4,6-7,10H,5,8-9H2,1H3,(H,16,17)(H2,14,15,18). The van der Waals surface area contributed by atoms with E-state index in [1.807, 2.05) is 30.3 Å². The number of hydrogen-bond donors (Lipinski definition) is 3. The van der Waals surface area contributed by atoms with Gasteiger partial charge in [-0.05, 0) is 25.3 Å². The van der Waals surface area contributed by atoms with Crippen molar-refractivity contribution < 1.29 is 14.7 Å². The summed E-state index contributed by atoms with van der Waals surface area (Å²) < 4.78 is 0. The number of carboxylic acids is 1. The topological polar surface area (TPSA) is 78.4 Å². The summed E-state index contributed by atoms with van der Waals surface area (Å²) in [5, 5.41) is 13.6. The Morgan fingerprint density at radius 2 is 1.94 bits per heavy atom. The fourth-order valence-electron chi connectivity index (χ4n) is 1.45. The average molecular weight is 250 g/mol. The Morgan fingerprint density at radius 1 is 1.28 bits per heavy atom. The molecule has 0 saturated carbocycles. The lowest BCUT2D eigenvalue weighted by Gasteiger charge is -2.10. The van der Waals surface area contributed by atoms with Crippen molar-refractivity contribution in [3.8, 4) is 0 Å². The maximum Gasteiger partial charge on any atom is 0.325 e. The highest BCUT2D eigenvalue weighted by atomic mass is 16.4. The summed E-state index contributed by atoms with van der Waals surface area (Å²) in [6.45, 7) is 1.94. The highest BCUT2D eigenvalue weighted by molar-refractivity contribution is 5.82. The van der Waals surface area contributed by atoms with Crippen LogP contribution in [0.1, 0.15) is 18.9 Å². The first-order chi connectivity index (χ1) is 8.59. The lowest BCUT2D eigenvalue weighted by atomic mass is 10.1. The second kappa shape index (κ2) is 7.32. The molecule has 0 fully saturated rings. The van der Waals surface area contributed by atoms with Crippen LogP contribution >= 0.6 is 0 Å². The third-order valence-electron chi connectivity index (χ3n) is 2.49. The molecule has 1 unspecified atom stereocenters. The highest BCUT2D eigenvalue weighted by Gasteiger charge is 2.12. The number of aryl methyl sites for hydroxylation is 1. The summed E-state index contributed by atoms with van der Waals surface area (Å²) in [5.41, 5.74) is 1.22. The lowest BCUT2D eigenvalue weighted by molar-refractivity contribution is -0.138. The Bertz CT molecular complexity index is 392. The Morgan fingerprint density at radius 3 is 2.56 bits per heavy atom. The second-order valence-corrected chi connectivity index (χ2v) is 4.05. The zero-order valence-corrected chi connectivity index (χ0v) is 10.3. The van der Waals surface area contributed by atoms with Crippen molar-refractivity contribution in [2.24, 2.45) is 0 Å². The van der Waals surface area contributed by atoms with E-state index >= 15 is 0 Å². The number of carbonyl (C=O) groups is 2. The van der Waals surface area contributed by atoms with Gasteiger partial charge in [0, 0.05) is 6.54 Å². The number of amides is 2. The van der Waals surface area contributed by atoms with Crippen molar-refractivity contribution >= 4 is 12.0 Å². The van der Waals surface area contributed by atoms with Crippen LogP contribution in [0.3, 0.4) is 0 Å². The van der Waals surface area contributed by atoms with E-state index in [4.69, 9.17) is 5.11 Å². The van der Waals surface area contributed by atoms with E-state index in [9.17, 15) is 9.59 Å². The fraction of sp³-hybridized carbons (Fsp3) is 0.385. The van der Waals surface area contributed by atoms with Crippen LogP contribution in [0.25, 0.3) is 0 Å². The van der Waals surface area contributed by atoms with Crippen LogP contribution in [0.2, 0.25) is 0 Å². The van der Waals surface area contributed by atoms with E-state index in [0.717, 1.165) is 12.8 Å². The molecule has 0 spiro atoms. The van der Waals surface area contributed by atoms with E-state index in [0.29, 0.717) is 6.54 Å². The van der Waals surface area contributed by atoms with Crippen LogP contribution in [-0.4, -0.2) is 29.7 Å². The van der Waals surface area contributed by atoms with Gasteiger partial charge in [0.1, 0.15) is 6.04 Å². The number of rotatable bonds is 6. The van der Waals surface area contributed by atoms with Gasteiger partial charge in [0.05, 0.1) is 0 Å². The molecule has 0 aromatic heterocycles. The van der Waals surface area contributed by atoms with Gasteiger partial charge in [0.15, 0.2) is 0 Å². The summed E-state index contributed by atoms with van der Waals surface area (Å²) in [6, 6.07) is 8.66. The summed E-state index contributed by atoms with van der Waals surface area (Å²) >= 11 is 0. The Labute approximate surface area is 106 Å². The van der Waals surface area contributed by atoms with E-state index < -0.39 is 18.0 Å². The molecule has 0 radical (unpaired) electrons. The molecule has 18 heavy (non-hydrogen) atoms. The van der Waals surface area contributed by atoms with Gasteiger partial charge in [0.2, 0.25) is 0 Å². The largest absolute Gasteiger partial charge is 0.480 e. The van der Waals surface area contributed by atoms with Gasteiger partial charge in [0.25, 0.3) is 0 Å². The predicted molar refractivity (Wildman–Crippen MR) is 68.4 cm³/mol. The SMILES string of the molecule is CC(NC(=O)NCCCc1ccccc1)C(=O)O. The number of urea groups is 1. The second-order valence-electron chi connectivity index (χ2n) is 4.05. The first-order valence-corrected chi connectivity index (χ1v) is 5.90. The Hall–Kier alpha value is -2.04. The van der Waals surface area contributed by atoms with Crippen molar-refractivity contribution in [1.29, 1.82) is 0 Å². The van der Waals surface area contributed by atoms with Gasteiger partial charge in [-0.25, -0.2) is 4.79 Å². The van der Waals surface area contributed by atoms with Crippen molar-refractivity contribution in [3.63, 3.8) is 0 Å². The summed E-state index contributed by atoms with van der Waals surface area (Å²) in [4.78, 5) is 21.8. The molecule has 0 aliphatic carbocycles. The molecule has 5 heteroatoms. The van der Waals surface area contributed by atoms with Crippen molar-refractivity contribution in [2.75, 3.05) is 6.54 Å². The zero-order chi connectivity index (χ0) is 13.4. The number of nitrogens with one attached hydrogen (secondary N) is 2. The van der Waals surface area contributed by atoms with Gasteiger partial charge in [-0.2, -0.15) is 0 Å². The molecule has 0 bridgehead atoms. The molecule has 3 N–H and O–H groups in total. The summed E-state index contributed by atoms with van der Waals surface area (Å²) in [7, 11) is 0. The maximum absolute atomic E-state index is 11.3. The van der Waals surface area contributed by atoms with Crippen LogP contribution < -0.4 is 10.6 Å². The van der Waals surface area contributed by atoms with Crippen molar-refractivity contribution in [3.05, 3.63) is 35.9 Å². The first-order valence-electron chi connectivity index (χ1n) is 5.90. The molecule has 1 atom stereocenters. The molecule has 2 amide bonds. The fourth-order valence-corrected chi connectivity index (χ4v) is 1.45. The normalized spacial score (nSPS) is 11.6. The molecule has 98 valence electrons. The minimum Gasteiger partial charge on any atom is -0.480 e. The van der Waals surface area contributed by atoms with Crippen LogP contribution in [-0.2, 0) is 11.2 Å². The van der Waals surface area contributed by atoms with Gasteiger partial charge < -0.3 is 15.7 Å². The smallest absolute Gasteiger partial charge is 0.325 e. The summed E-state index contributed by atoms with van der Waals surface area (Å²) in [6.07, 6.45) is 1.70. The quantitative estimate of drug-likeness (QED) is 0.668. The van der Waals surface area contributed by atoms with E-state index in [2.05, 4.69) is 10.6 Å². The average Bonchev–Trinajstić information content (AvgIpc) is 2.35. The van der Waals surface area contributed by atoms with Crippen LogP contribution in [0, 0.1) is 0 Å². The number of hydrogen-bond acceptors (Lipinski definition) is 2. The zero-order valence-electron chi connectivity index (χ0n) is 10.3. The molecular formula is C13H18N2O3. The number of carboxylic acid groups (broad SMARTS) is 1. The molecule has 0 aliphatic heterocycles. The van der Waals surface area contributed by atoms with Crippen molar-refractivity contribution in [2.45, 2.75) is 25.8 Å². The monoisotopic (exact) mass is 250 g/mol. The maximum atomic E-state index is 11.3.